The standard InChI is InChI=1S/C17H17Cl2N5O2S/c1-3-22-13-14(23(4-2)17(22)26)21-24-15(25)12(27-16(24)20-13)7-9-5-6-10(18)8-11(9)19/h5-8,13-14,21H,3-4H2,1-2H3/b12-7-. The molecule has 2 aromatic rings. The van der Waals surface area contributed by atoms with Crippen molar-refractivity contribution in [2.24, 2.45) is 4.99 Å². The molecular weight excluding hydrogens is 409 g/mol. The Balaban J connectivity index is 1.82. The summed E-state index contributed by atoms with van der Waals surface area (Å²) in [6, 6.07) is 5.05. The van der Waals surface area contributed by atoms with Crippen LogP contribution in [0.2, 0.25) is 10.0 Å². The van der Waals surface area contributed by atoms with Gasteiger partial charge >= 0.3 is 6.03 Å². The van der Waals surface area contributed by atoms with Crippen molar-refractivity contribution >= 4 is 46.6 Å². The van der Waals surface area contributed by atoms with E-state index in [1.807, 2.05) is 13.8 Å². The van der Waals surface area contributed by atoms with E-state index in [-0.39, 0.29) is 23.9 Å². The van der Waals surface area contributed by atoms with Crippen LogP contribution in [0.25, 0.3) is 6.08 Å². The predicted molar refractivity (Wildman–Crippen MR) is 106 cm³/mol. The summed E-state index contributed by atoms with van der Waals surface area (Å²) in [4.78, 5) is 33.9. The summed E-state index contributed by atoms with van der Waals surface area (Å²) in [5, 5.41) is 1.01. The molecule has 2 aliphatic heterocycles. The van der Waals surface area contributed by atoms with E-state index in [4.69, 9.17) is 23.2 Å². The maximum Gasteiger partial charge on any atom is 0.323 e. The highest BCUT2D eigenvalue weighted by molar-refractivity contribution is 7.07. The van der Waals surface area contributed by atoms with Gasteiger partial charge in [-0.25, -0.2) is 9.79 Å². The van der Waals surface area contributed by atoms with Crippen LogP contribution in [-0.2, 0) is 0 Å². The van der Waals surface area contributed by atoms with Gasteiger partial charge in [-0.3, -0.25) is 20.0 Å². The van der Waals surface area contributed by atoms with Crippen LogP contribution in [0.3, 0.4) is 0 Å². The lowest BCUT2D eigenvalue weighted by Gasteiger charge is -2.28. The molecule has 2 atom stereocenters. The van der Waals surface area contributed by atoms with Crippen LogP contribution in [0, 0.1) is 0 Å². The number of benzene rings is 1. The van der Waals surface area contributed by atoms with E-state index in [0.717, 1.165) is 0 Å². The summed E-state index contributed by atoms with van der Waals surface area (Å²) < 4.78 is 1.92. The molecule has 1 aromatic carbocycles. The molecule has 2 amide bonds. The maximum atomic E-state index is 12.8. The zero-order valence-electron chi connectivity index (χ0n) is 14.6. The summed E-state index contributed by atoms with van der Waals surface area (Å²) in [7, 11) is 0. The number of thiazole rings is 1. The van der Waals surface area contributed by atoms with Crippen molar-refractivity contribution in [2.75, 3.05) is 18.5 Å². The van der Waals surface area contributed by atoms with Gasteiger partial charge < -0.3 is 0 Å². The van der Waals surface area contributed by atoms with E-state index in [1.165, 1.54) is 16.0 Å². The van der Waals surface area contributed by atoms with Crippen LogP contribution in [-0.4, -0.2) is 45.9 Å². The molecule has 2 unspecified atom stereocenters. The predicted octanol–water partition coefficient (Wildman–Crippen LogP) is 1.65. The highest BCUT2D eigenvalue weighted by atomic mass is 35.5. The maximum absolute atomic E-state index is 12.8. The van der Waals surface area contributed by atoms with Gasteiger partial charge in [0.2, 0.25) is 4.80 Å². The normalized spacial score (nSPS) is 21.8. The number of fused-ring (bicyclic) bond motifs is 2. The summed E-state index contributed by atoms with van der Waals surface area (Å²) in [5.41, 5.74) is 3.65. The average molecular weight is 426 g/mol. The van der Waals surface area contributed by atoms with Crippen LogP contribution in [0.5, 0.6) is 0 Å². The van der Waals surface area contributed by atoms with Gasteiger partial charge in [-0.05, 0) is 37.6 Å². The summed E-state index contributed by atoms with van der Waals surface area (Å²) >= 11 is 13.4. The number of amides is 2. The van der Waals surface area contributed by atoms with Crippen molar-refractivity contribution in [3.05, 3.63) is 53.5 Å². The van der Waals surface area contributed by atoms with Gasteiger partial charge in [0.1, 0.15) is 0 Å². The fourth-order valence-corrected chi connectivity index (χ4v) is 4.75. The molecule has 1 aromatic heterocycles. The lowest BCUT2D eigenvalue weighted by atomic mass is 10.2. The fraction of sp³-hybridized carbons (Fsp3) is 0.353. The third-order valence-corrected chi connectivity index (χ3v) is 6.22. The van der Waals surface area contributed by atoms with E-state index in [0.29, 0.717) is 38.0 Å². The molecule has 0 aliphatic carbocycles. The minimum Gasteiger partial charge on any atom is -0.299 e. The molecule has 2 aliphatic rings. The van der Waals surface area contributed by atoms with Crippen LogP contribution in [0.4, 0.5) is 4.79 Å². The van der Waals surface area contributed by atoms with Crippen molar-refractivity contribution in [1.29, 1.82) is 0 Å². The molecule has 27 heavy (non-hydrogen) atoms. The second-order valence-electron chi connectivity index (χ2n) is 6.17. The van der Waals surface area contributed by atoms with Gasteiger partial charge in [0.05, 0.1) is 4.53 Å². The Morgan fingerprint density at radius 1 is 1.22 bits per heavy atom. The van der Waals surface area contributed by atoms with Crippen LogP contribution in [0.1, 0.15) is 19.4 Å². The molecule has 7 nitrogen and oxygen atoms in total. The van der Waals surface area contributed by atoms with Gasteiger partial charge in [-0.15, -0.1) is 0 Å². The van der Waals surface area contributed by atoms with Crippen molar-refractivity contribution in [1.82, 2.24) is 14.5 Å². The van der Waals surface area contributed by atoms with Gasteiger partial charge in [0.25, 0.3) is 5.56 Å². The molecule has 1 N–H and O–H groups in total. The molecule has 3 heterocycles. The van der Waals surface area contributed by atoms with E-state index < -0.39 is 0 Å². The van der Waals surface area contributed by atoms with Gasteiger partial charge in [-0.2, -0.15) is 4.68 Å². The van der Waals surface area contributed by atoms with Gasteiger partial charge in [0.15, 0.2) is 12.3 Å². The first-order valence-corrected chi connectivity index (χ1v) is 10.1. The van der Waals surface area contributed by atoms with Crippen molar-refractivity contribution < 1.29 is 4.79 Å². The first-order chi connectivity index (χ1) is 12.9. The topological polar surface area (TPSA) is 69.9 Å². The number of hydrogen-bond donors (Lipinski definition) is 1. The first-order valence-electron chi connectivity index (χ1n) is 8.54. The number of nitrogens with zero attached hydrogens (tertiary/aromatic N) is 4. The number of nitrogens with one attached hydrogen (secondary N) is 1. The second kappa shape index (κ2) is 6.85. The van der Waals surface area contributed by atoms with E-state index >= 15 is 0 Å². The van der Waals surface area contributed by atoms with E-state index in [9.17, 15) is 9.59 Å². The number of rotatable bonds is 3. The highest BCUT2D eigenvalue weighted by Gasteiger charge is 2.46. The molecule has 1 saturated heterocycles. The molecule has 0 spiro atoms. The Hall–Kier alpha value is -2.03. The Labute approximate surface area is 169 Å². The Kier molecular flexibility index (Phi) is 4.65. The number of aromatic nitrogens is 1. The molecular formula is C17H17Cl2N5O2S. The number of halogens is 2. The van der Waals surface area contributed by atoms with Crippen LogP contribution in [0.15, 0.2) is 28.0 Å². The van der Waals surface area contributed by atoms with E-state index in [2.05, 4.69) is 10.4 Å². The van der Waals surface area contributed by atoms with Crippen molar-refractivity contribution in [3.8, 4) is 0 Å². The smallest absolute Gasteiger partial charge is 0.299 e. The quantitative estimate of drug-likeness (QED) is 0.812. The van der Waals surface area contributed by atoms with Crippen LogP contribution < -0.4 is 20.3 Å². The largest absolute Gasteiger partial charge is 0.323 e. The van der Waals surface area contributed by atoms with Crippen molar-refractivity contribution in [3.63, 3.8) is 0 Å². The molecule has 0 saturated carbocycles. The minimum absolute atomic E-state index is 0.0748. The Morgan fingerprint density at radius 3 is 2.63 bits per heavy atom. The third-order valence-electron chi connectivity index (χ3n) is 4.67. The number of likely N-dealkylation sites (N-methyl/N-ethyl adjacent to an activating group) is 2. The lowest BCUT2D eigenvalue weighted by Crippen LogP contribution is -2.55. The zero-order chi connectivity index (χ0) is 19.3. The fourth-order valence-electron chi connectivity index (χ4n) is 3.34. The Morgan fingerprint density at radius 2 is 1.96 bits per heavy atom. The monoisotopic (exact) mass is 425 g/mol. The summed E-state index contributed by atoms with van der Waals surface area (Å²) in [5.74, 6) is 0. The summed E-state index contributed by atoms with van der Waals surface area (Å²) in [6.45, 7) is 4.91. The molecule has 10 heteroatoms. The minimum atomic E-state index is -0.366. The molecule has 1 fully saturated rings. The number of carbonyl (C=O) groups is 1. The molecule has 142 valence electrons. The van der Waals surface area contributed by atoms with Gasteiger partial charge in [0, 0.05) is 23.1 Å². The molecule has 0 bridgehead atoms. The number of carbonyl (C=O) groups excluding carboxylic acids is 1. The third kappa shape index (κ3) is 2.92. The first kappa shape index (κ1) is 18.3. The lowest BCUT2D eigenvalue weighted by molar-refractivity contribution is 0.189. The highest BCUT2D eigenvalue weighted by Crippen LogP contribution is 2.24. The number of urea groups is 1. The summed E-state index contributed by atoms with van der Waals surface area (Å²) in [6.07, 6.45) is 1.01. The Bertz CT molecular complexity index is 1100. The van der Waals surface area contributed by atoms with Crippen LogP contribution >= 0.6 is 34.5 Å². The average Bonchev–Trinajstić information content (AvgIpc) is 3.08. The number of hydrogen-bond acceptors (Lipinski definition) is 5. The zero-order valence-corrected chi connectivity index (χ0v) is 17.0. The van der Waals surface area contributed by atoms with E-state index in [1.54, 1.807) is 34.1 Å². The molecule has 4 rings (SSSR count). The second-order valence-corrected chi connectivity index (χ2v) is 8.02. The van der Waals surface area contributed by atoms with Crippen molar-refractivity contribution in [2.45, 2.75) is 26.2 Å². The van der Waals surface area contributed by atoms with Gasteiger partial charge in [-0.1, -0.05) is 40.6 Å². The molecule has 0 radical (unpaired) electrons. The SMILES string of the molecule is CCN1C(=O)N(CC)C2Nn3c(s/c(=C\c4ccc(Cl)cc4Cl)c3=O)=NC21.